The second-order valence-corrected chi connectivity index (χ2v) is 5.16. The Morgan fingerprint density at radius 1 is 1.20 bits per heavy atom. The lowest BCUT2D eigenvalue weighted by molar-refractivity contribution is 0.0819. The molecule has 0 aromatic heterocycles. The molecule has 0 saturated heterocycles. The fourth-order valence-corrected chi connectivity index (χ4v) is 3.62. The third-order valence-corrected chi connectivity index (χ3v) is 4.59. The van der Waals surface area contributed by atoms with Crippen LogP contribution < -0.4 is 0 Å². The van der Waals surface area contributed by atoms with Crippen molar-refractivity contribution in [2.75, 3.05) is 0 Å². The van der Waals surface area contributed by atoms with E-state index in [9.17, 15) is 5.11 Å². The maximum Gasteiger partial charge on any atom is 0.0776 e. The summed E-state index contributed by atoms with van der Waals surface area (Å²) in [5, 5.41) is 10.6. The van der Waals surface area contributed by atoms with Crippen molar-refractivity contribution in [2.45, 2.75) is 37.7 Å². The largest absolute Gasteiger partial charge is 0.389 e. The van der Waals surface area contributed by atoms with Gasteiger partial charge in [-0.3, -0.25) is 0 Å². The minimum Gasteiger partial charge on any atom is -0.389 e. The van der Waals surface area contributed by atoms with E-state index in [0.717, 1.165) is 0 Å². The molecule has 1 aromatic rings. The maximum atomic E-state index is 10.6. The third kappa shape index (κ3) is 1.19. The lowest BCUT2D eigenvalue weighted by Gasteiger charge is -2.22. The quantitative estimate of drug-likeness (QED) is 0.781. The molecule has 3 unspecified atom stereocenters. The molecule has 1 nitrogen and oxygen atoms in total. The van der Waals surface area contributed by atoms with Gasteiger partial charge < -0.3 is 5.11 Å². The summed E-state index contributed by atoms with van der Waals surface area (Å²) in [7, 11) is 0. The van der Waals surface area contributed by atoms with Gasteiger partial charge in [-0.15, -0.1) is 0 Å². The molecule has 2 fully saturated rings. The van der Waals surface area contributed by atoms with Crippen LogP contribution in [0, 0.1) is 11.8 Å². The first-order valence-corrected chi connectivity index (χ1v) is 6.02. The fraction of sp³-hybridized carbons (Fsp3) is 0.571. The molecule has 1 heteroatoms. The second kappa shape index (κ2) is 3.08. The molecular formula is C14H18O. The van der Waals surface area contributed by atoms with E-state index in [-0.39, 0.29) is 5.60 Å². The number of fused-ring (bicyclic) bond motifs is 1. The molecule has 0 radical (unpaired) electrons. The average Bonchev–Trinajstić information content (AvgIpc) is 2.71. The summed E-state index contributed by atoms with van der Waals surface area (Å²) in [5.74, 6) is 1.48. The van der Waals surface area contributed by atoms with Gasteiger partial charge >= 0.3 is 0 Å². The first-order chi connectivity index (χ1) is 7.24. The number of hydrogen-bond donors (Lipinski definition) is 1. The Hall–Kier alpha value is -0.820. The van der Waals surface area contributed by atoms with E-state index in [1.807, 2.05) is 6.07 Å². The molecule has 80 valence electrons. The van der Waals surface area contributed by atoms with Crippen molar-refractivity contribution in [3.05, 3.63) is 35.9 Å². The van der Waals surface area contributed by atoms with Gasteiger partial charge in [-0.25, -0.2) is 0 Å². The summed E-state index contributed by atoms with van der Waals surface area (Å²) in [6.07, 6.45) is 3.79. The van der Waals surface area contributed by atoms with Gasteiger partial charge in [-0.05, 0) is 30.2 Å². The lowest BCUT2D eigenvalue weighted by Crippen LogP contribution is -2.23. The number of aliphatic hydroxyl groups is 1. The molecule has 3 atom stereocenters. The zero-order valence-corrected chi connectivity index (χ0v) is 9.19. The summed E-state index contributed by atoms with van der Waals surface area (Å²) in [5.41, 5.74) is 0.911. The highest BCUT2D eigenvalue weighted by atomic mass is 16.3. The van der Waals surface area contributed by atoms with Crippen LogP contribution in [0.1, 0.15) is 37.7 Å². The van der Waals surface area contributed by atoms with Crippen LogP contribution in [0.15, 0.2) is 30.3 Å². The van der Waals surface area contributed by atoms with Crippen LogP contribution in [0.4, 0.5) is 0 Å². The van der Waals surface area contributed by atoms with Crippen LogP contribution >= 0.6 is 0 Å². The summed E-state index contributed by atoms with van der Waals surface area (Å²) >= 11 is 0. The highest BCUT2D eigenvalue weighted by molar-refractivity contribution is 5.30. The van der Waals surface area contributed by atoms with Gasteiger partial charge in [0.2, 0.25) is 0 Å². The maximum absolute atomic E-state index is 10.6. The number of rotatable bonds is 2. The Morgan fingerprint density at radius 3 is 2.40 bits per heavy atom. The van der Waals surface area contributed by atoms with Crippen LogP contribution in [-0.4, -0.2) is 10.7 Å². The molecule has 1 aromatic carbocycles. The minimum atomic E-state index is -0.375. The minimum absolute atomic E-state index is 0.300. The van der Waals surface area contributed by atoms with Gasteiger partial charge in [0.25, 0.3) is 0 Å². The predicted octanol–water partition coefficient (Wildman–Crippen LogP) is 2.95. The smallest absolute Gasteiger partial charge is 0.0776 e. The van der Waals surface area contributed by atoms with Crippen LogP contribution in [0.2, 0.25) is 0 Å². The van der Waals surface area contributed by atoms with Gasteiger partial charge in [-0.2, -0.15) is 0 Å². The third-order valence-electron chi connectivity index (χ3n) is 4.59. The normalized spacial score (nSPS) is 39.9. The highest BCUT2D eigenvalue weighted by Crippen LogP contribution is 2.65. The van der Waals surface area contributed by atoms with Crippen molar-refractivity contribution in [1.82, 2.24) is 0 Å². The summed E-state index contributed by atoms with van der Waals surface area (Å²) in [4.78, 5) is 0. The van der Waals surface area contributed by atoms with Crippen molar-refractivity contribution in [3.8, 4) is 0 Å². The average molecular weight is 202 g/mol. The Morgan fingerprint density at radius 2 is 1.80 bits per heavy atom. The van der Waals surface area contributed by atoms with Gasteiger partial charge in [0, 0.05) is 5.92 Å². The van der Waals surface area contributed by atoms with E-state index in [1.165, 1.54) is 24.8 Å². The first-order valence-electron chi connectivity index (χ1n) is 6.02. The molecular weight excluding hydrogens is 184 g/mol. The van der Waals surface area contributed by atoms with Crippen LogP contribution in [-0.2, 0) is 0 Å². The molecule has 15 heavy (non-hydrogen) atoms. The number of hydrogen-bond acceptors (Lipinski definition) is 1. The Bertz CT molecular complexity index is 347. The molecule has 2 saturated carbocycles. The summed E-state index contributed by atoms with van der Waals surface area (Å²) in [6.45, 7) is 2.17. The zero-order valence-electron chi connectivity index (χ0n) is 9.19. The standard InChI is InChI=1S/C14H18O/c1-10(11-6-3-2-4-7-11)14(15)12-8-5-9-13(12)14/h2-4,6-7,10,12-13,15H,5,8-9H2,1H3. The lowest BCUT2D eigenvalue weighted by atomic mass is 9.88. The van der Waals surface area contributed by atoms with Crippen molar-refractivity contribution in [1.29, 1.82) is 0 Å². The Kier molecular flexibility index (Phi) is 1.93. The Balaban J connectivity index is 1.84. The van der Waals surface area contributed by atoms with Gasteiger partial charge in [-0.1, -0.05) is 43.7 Å². The van der Waals surface area contributed by atoms with Crippen molar-refractivity contribution < 1.29 is 5.11 Å². The van der Waals surface area contributed by atoms with Crippen molar-refractivity contribution in [3.63, 3.8) is 0 Å². The SMILES string of the molecule is CC(c1ccccc1)C1(O)C2CCCC21. The van der Waals surface area contributed by atoms with Crippen molar-refractivity contribution >= 4 is 0 Å². The monoisotopic (exact) mass is 202 g/mol. The van der Waals surface area contributed by atoms with E-state index >= 15 is 0 Å². The molecule has 2 aliphatic rings. The van der Waals surface area contributed by atoms with Crippen LogP contribution in [0.5, 0.6) is 0 Å². The molecule has 0 bridgehead atoms. The zero-order chi connectivity index (χ0) is 10.5. The Labute approximate surface area is 91.1 Å². The topological polar surface area (TPSA) is 20.2 Å². The van der Waals surface area contributed by atoms with E-state index in [4.69, 9.17) is 0 Å². The molecule has 0 spiro atoms. The first kappa shape index (κ1) is 9.41. The van der Waals surface area contributed by atoms with Gasteiger partial charge in [0.05, 0.1) is 5.60 Å². The highest BCUT2D eigenvalue weighted by Gasteiger charge is 2.67. The van der Waals surface area contributed by atoms with E-state index in [1.54, 1.807) is 0 Å². The molecule has 1 N–H and O–H groups in total. The van der Waals surface area contributed by atoms with Gasteiger partial charge in [0.15, 0.2) is 0 Å². The second-order valence-electron chi connectivity index (χ2n) is 5.16. The van der Waals surface area contributed by atoms with Gasteiger partial charge in [0.1, 0.15) is 0 Å². The number of benzene rings is 1. The predicted molar refractivity (Wildman–Crippen MR) is 60.6 cm³/mol. The summed E-state index contributed by atoms with van der Waals surface area (Å²) < 4.78 is 0. The fourth-order valence-electron chi connectivity index (χ4n) is 3.62. The van der Waals surface area contributed by atoms with E-state index in [0.29, 0.717) is 17.8 Å². The van der Waals surface area contributed by atoms with Crippen LogP contribution in [0.25, 0.3) is 0 Å². The molecule has 0 heterocycles. The molecule has 0 amide bonds. The van der Waals surface area contributed by atoms with E-state index in [2.05, 4.69) is 31.2 Å². The van der Waals surface area contributed by atoms with Crippen molar-refractivity contribution in [2.24, 2.45) is 11.8 Å². The molecule has 0 aliphatic heterocycles. The summed E-state index contributed by atoms with van der Waals surface area (Å²) in [6, 6.07) is 10.4. The molecule has 3 rings (SSSR count). The molecule has 2 aliphatic carbocycles. The van der Waals surface area contributed by atoms with Crippen LogP contribution in [0.3, 0.4) is 0 Å². The van der Waals surface area contributed by atoms with E-state index < -0.39 is 0 Å².